The summed E-state index contributed by atoms with van der Waals surface area (Å²) in [6.45, 7) is 5.20. The van der Waals surface area contributed by atoms with Crippen LogP contribution in [-0.2, 0) is 0 Å². The predicted octanol–water partition coefficient (Wildman–Crippen LogP) is 1.19. The highest BCUT2D eigenvalue weighted by Crippen LogP contribution is 2.04. The van der Waals surface area contributed by atoms with E-state index in [0.29, 0.717) is 17.8 Å². The quantitative estimate of drug-likeness (QED) is 0.496. The molecule has 0 fully saturated rings. The first-order valence-corrected chi connectivity index (χ1v) is 3.46. The Kier molecular flexibility index (Phi) is 2.53. The minimum atomic E-state index is 0.401. The van der Waals surface area contributed by atoms with Gasteiger partial charge in [-0.2, -0.15) is 5.10 Å². The zero-order valence-corrected chi connectivity index (χ0v) is 6.77. The summed E-state index contributed by atoms with van der Waals surface area (Å²) in [4.78, 5) is 14.4. The van der Waals surface area contributed by atoms with Crippen LogP contribution in [0.4, 0.5) is 0 Å². The average molecular weight is 163 g/mol. The van der Waals surface area contributed by atoms with E-state index >= 15 is 0 Å². The van der Waals surface area contributed by atoms with Crippen LogP contribution in [0.3, 0.4) is 0 Å². The van der Waals surface area contributed by atoms with Gasteiger partial charge in [-0.3, -0.25) is 4.79 Å². The van der Waals surface area contributed by atoms with Gasteiger partial charge in [-0.1, -0.05) is 6.08 Å². The van der Waals surface area contributed by atoms with Gasteiger partial charge in [0.2, 0.25) is 0 Å². The largest absolute Gasteiger partial charge is 0.296 e. The number of rotatable bonds is 3. The molecule has 0 saturated heterocycles. The molecule has 0 aliphatic rings. The summed E-state index contributed by atoms with van der Waals surface area (Å²) in [5.41, 5.74) is 0.401. The third-order valence-electron chi connectivity index (χ3n) is 1.37. The number of carbonyl (C=O) groups excluding carboxylic acids is 1. The highest BCUT2D eigenvalue weighted by molar-refractivity contribution is 5.72. The maximum absolute atomic E-state index is 10.4. The van der Waals surface area contributed by atoms with Crippen molar-refractivity contribution in [3.8, 4) is 0 Å². The van der Waals surface area contributed by atoms with E-state index in [4.69, 9.17) is 0 Å². The van der Waals surface area contributed by atoms with Crippen LogP contribution in [0, 0.1) is 0 Å². The molecule has 1 heterocycles. The summed E-state index contributed by atoms with van der Waals surface area (Å²) >= 11 is 0. The molecule has 4 heteroatoms. The molecule has 1 aromatic rings. The molecule has 0 aliphatic carbocycles. The lowest BCUT2D eigenvalue weighted by atomic mass is 10.5. The Balaban J connectivity index is 3.21. The lowest BCUT2D eigenvalue weighted by molar-refractivity contribution is 0.111. The Morgan fingerprint density at radius 1 is 1.75 bits per heavy atom. The van der Waals surface area contributed by atoms with Crippen LogP contribution in [0.1, 0.15) is 23.2 Å². The molecule has 0 aromatic carbocycles. The molecule has 1 aromatic heterocycles. The molecule has 0 unspecified atom stereocenters. The van der Waals surface area contributed by atoms with Crippen LogP contribution in [0.25, 0.3) is 6.08 Å². The van der Waals surface area contributed by atoms with Gasteiger partial charge in [0.1, 0.15) is 5.69 Å². The Morgan fingerprint density at radius 2 is 2.50 bits per heavy atom. The molecule has 0 aliphatic heterocycles. The second kappa shape index (κ2) is 3.61. The van der Waals surface area contributed by atoms with Crippen molar-refractivity contribution in [1.29, 1.82) is 0 Å². The van der Waals surface area contributed by atoms with Crippen molar-refractivity contribution in [2.75, 3.05) is 0 Å². The van der Waals surface area contributed by atoms with Crippen molar-refractivity contribution < 1.29 is 4.79 Å². The predicted molar refractivity (Wildman–Crippen MR) is 47.3 cm³/mol. The van der Waals surface area contributed by atoms with Gasteiger partial charge in [0, 0.05) is 6.72 Å². The number of hydrogen-bond acceptors (Lipinski definition) is 3. The number of nitrogens with zero attached hydrogens (tertiary/aromatic N) is 3. The smallest absolute Gasteiger partial charge is 0.170 e. The zero-order valence-electron chi connectivity index (χ0n) is 6.77. The van der Waals surface area contributed by atoms with Crippen LogP contribution in [0.15, 0.2) is 17.4 Å². The van der Waals surface area contributed by atoms with E-state index < -0.39 is 0 Å². The number of carbonyl (C=O) groups is 1. The van der Waals surface area contributed by atoms with Crippen LogP contribution in [0.2, 0.25) is 0 Å². The van der Waals surface area contributed by atoms with E-state index in [2.05, 4.69) is 16.8 Å². The Hall–Kier alpha value is -1.71. The van der Waals surface area contributed by atoms with Crippen molar-refractivity contribution in [1.82, 2.24) is 9.66 Å². The highest BCUT2D eigenvalue weighted by Gasteiger charge is 2.03. The van der Waals surface area contributed by atoms with E-state index in [1.165, 1.54) is 10.9 Å². The molecule has 0 atom stereocenters. The lowest BCUT2D eigenvalue weighted by Crippen LogP contribution is -1.95. The zero-order chi connectivity index (χ0) is 8.97. The third kappa shape index (κ3) is 1.32. The summed E-state index contributed by atoms with van der Waals surface area (Å²) in [5.74, 6) is 0.606. The van der Waals surface area contributed by atoms with Gasteiger partial charge in [0.15, 0.2) is 12.1 Å². The number of hydrogen-bond donors (Lipinski definition) is 0. The number of imidazole rings is 1. The minimum absolute atomic E-state index is 0.401. The first-order valence-electron chi connectivity index (χ1n) is 3.46. The van der Waals surface area contributed by atoms with Gasteiger partial charge in [-0.05, 0) is 13.0 Å². The minimum Gasteiger partial charge on any atom is -0.296 e. The molecule has 12 heavy (non-hydrogen) atoms. The normalized spacial score (nSPS) is 10.4. The van der Waals surface area contributed by atoms with E-state index in [0.717, 1.165) is 0 Å². The second-order valence-electron chi connectivity index (χ2n) is 2.11. The monoisotopic (exact) mass is 163 g/mol. The average Bonchev–Trinajstić information content (AvgIpc) is 2.47. The fraction of sp³-hybridized carbons (Fsp3) is 0.125. The molecule has 62 valence electrons. The van der Waals surface area contributed by atoms with E-state index in [1.807, 2.05) is 13.0 Å². The van der Waals surface area contributed by atoms with Gasteiger partial charge in [-0.25, -0.2) is 9.66 Å². The topological polar surface area (TPSA) is 47.2 Å². The first-order chi connectivity index (χ1) is 5.83. The molecule has 4 nitrogen and oxygen atoms in total. The SMILES string of the molecule is C=Nn1c(C=O)cnc1/C=C\C. The molecule has 1 rings (SSSR count). The van der Waals surface area contributed by atoms with Crippen molar-refractivity contribution in [2.45, 2.75) is 6.92 Å². The van der Waals surface area contributed by atoms with Crippen molar-refractivity contribution in [2.24, 2.45) is 5.10 Å². The highest BCUT2D eigenvalue weighted by atomic mass is 16.1. The molecule has 0 N–H and O–H groups in total. The molecule has 0 amide bonds. The Morgan fingerprint density at radius 3 is 3.00 bits per heavy atom. The number of aromatic nitrogens is 2. The first kappa shape index (κ1) is 8.39. The van der Waals surface area contributed by atoms with Crippen LogP contribution >= 0.6 is 0 Å². The number of allylic oxidation sites excluding steroid dienone is 1. The van der Waals surface area contributed by atoms with Crippen LogP contribution in [0.5, 0.6) is 0 Å². The second-order valence-corrected chi connectivity index (χ2v) is 2.11. The summed E-state index contributed by atoms with van der Waals surface area (Å²) in [5, 5.41) is 3.64. The van der Waals surface area contributed by atoms with E-state index in [9.17, 15) is 4.79 Å². The van der Waals surface area contributed by atoms with Gasteiger partial charge in [-0.15, -0.1) is 0 Å². The third-order valence-corrected chi connectivity index (χ3v) is 1.37. The van der Waals surface area contributed by atoms with Crippen molar-refractivity contribution in [3.63, 3.8) is 0 Å². The number of aldehydes is 1. The Bertz CT molecular complexity index is 325. The molecular weight excluding hydrogens is 154 g/mol. The Labute approximate surface area is 70.2 Å². The standard InChI is InChI=1S/C8H9N3O/c1-3-4-8-10-5-7(6-12)11(8)9-2/h3-6H,2H2,1H3/b4-3-. The maximum atomic E-state index is 10.4. The van der Waals surface area contributed by atoms with E-state index in [1.54, 1.807) is 6.08 Å². The maximum Gasteiger partial charge on any atom is 0.170 e. The van der Waals surface area contributed by atoms with Crippen LogP contribution < -0.4 is 0 Å². The van der Waals surface area contributed by atoms with Crippen molar-refractivity contribution >= 4 is 19.1 Å². The summed E-state index contributed by atoms with van der Waals surface area (Å²) in [6, 6.07) is 0. The van der Waals surface area contributed by atoms with Gasteiger partial charge in [0.25, 0.3) is 0 Å². The molecule has 0 spiro atoms. The molecule has 0 saturated carbocycles. The van der Waals surface area contributed by atoms with Gasteiger partial charge >= 0.3 is 0 Å². The van der Waals surface area contributed by atoms with Gasteiger partial charge < -0.3 is 0 Å². The van der Waals surface area contributed by atoms with Crippen LogP contribution in [-0.4, -0.2) is 22.7 Å². The fourth-order valence-corrected chi connectivity index (χ4v) is 0.871. The summed E-state index contributed by atoms with van der Waals surface area (Å²) < 4.78 is 1.38. The fourth-order valence-electron chi connectivity index (χ4n) is 0.871. The molecular formula is C8H9N3O. The lowest BCUT2D eigenvalue weighted by Gasteiger charge is -1.95. The van der Waals surface area contributed by atoms with Crippen molar-refractivity contribution in [3.05, 3.63) is 23.8 Å². The summed E-state index contributed by atoms with van der Waals surface area (Å²) in [7, 11) is 0. The molecule has 0 bridgehead atoms. The van der Waals surface area contributed by atoms with E-state index in [-0.39, 0.29) is 0 Å². The van der Waals surface area contributed by atoms with Gasteiger partial charge in [0.05, 0.1) is 6.20 Å². The summed E-state index contributed by atoms with van der Waals surface area (Å²) in [6.07, 6.45) is 5.71. The molecule has 0 radical (unpaired) electrons.